The number of nitrogens with zero attached hydrogens (tertiary/aromatic N) is 1. The fraction of sp³-hybridized carbons (Fsp3) is 0.500. The van der Waals surface area contributed by atoms with E-state index in [-0.39, 0.29) is 5.91 Å². The van der Waals surface area contributed by atoms with Crippen LogP contribution in [0, 0.1) is 0 Å². The first kappa shape index (κ1) is 11.3. The van der Waals surface area contributed by atoms with Crippen LogP contribution in [0.5, 0.6) is 0 Å². The van der Waals surface area contributed by atoms with E-state index in [1.165, 1.54) is 24.0 Å². The van der Waals surface area contributed by atoms with Gasteiger partial charge in [-0.05, 0) is 48.9 Å². The molecule has 17 heavy (non-hydrogen) atoms. The van der Waals surface area contributed by atoms with E-state index in [4.69, 9.17) is 0 Å². The lowest BCUT2D eigenvalue weighted by molar-refractivity contribution is 0.0793. The summed E-state index contributed by atoms with van der Waals surface area (Å²) in [6.07, 6.45) is 4.62. The summed E-state index contributed by atoms with van der Waals surface area (Å²) < 4.78 is 0. The molecular formula is C14H16BrNO. The molecule has 1 heterocycles. The fourth-order valence-electron chi connectivity index (χ4n) is 2.79. The maximum Gasteiger partial charge on any atom is 0.253 e. The van der Waals surface area contributed by atoms with Crippen molar-refractivity contribution in [2.75, 3.05) is 13.1 Å². The first-order chi connectivity index (χ1) is 8.24. The molecule has 1 aliphatic carbocycles. The van der Waals surface area contributed by atoms with Gasteiger partial charge in [0.15, 0.2) is 0 Å². The summed E-state index contributed by atoms with van der Waals surface area (Å²) in [6.45, 7) is 1.72. The minimum absolute atomic E-state index is 0.196. The fourth-order valence-corrected chi connectivity index (χ4v) is 3.34. The normalized spacial score (nSPS) is 22.9. The van der Waals surface area contributed by atoms with Gasteiger partial charge in [0.05, 0.1) is 0 Å². The van der Waals surface area contributed by atoms with Gasteiger partial charge in [-0.2, -0.15) is 0 Å². The van der Waals surface area contributed by atoms with Crippen molar-refractivity contribution < 1.29 is 4.79 Å². The molecule has 1 unspecified atom stereocenters. The Labute approximate surface area is 110 Å². The number of fused-ring (bicyclic) bond motifs is 1. The van der Waals surface area contributed by atoms with Crippen LogP contribution in [-0.2, 0) is 12.8 Å². The number of hydrogen-bond acceptors (Lipinski definition) is 1. The minimum Gasteiger partial charge on any atom is -0.337 e. The average Bonchev–Trinajstić information content (AvgIpc) is 2.95. The van der Waals surface area contributed by atoms with Gasteiger partial charge in [0.2, 0.25) is 0 Å². The third-order valence-corrected chi connectivity index (χ3v) is 4.51. The summed E-state index contributed by atoms with van der Waals surface area (Å²) in [5.74, 6) is 0.196. The van der Waals surface area contributed by atoms with Gasteiger partial charge >= 0.3 is 0 Å². The summed E-state index contributed by atoms with van der Waals surface area (Å²) >= 11 is 3.58. The van der Waals surface area contributed by atoms with Gasteiger partial charge in [0.25, 0.3) is 5.91 Å². The van der Waals surface area contributed by atoms with Crippen molar-refractivity contribution in [3.05, 3.63) is 34.9 Å². The third kappa shape index (κ3) is 2.13. The molecule has 1 aliphatic heterocycles. The second kappa shape index (κ2) is 4.45. The number of rotatable bonds is 1. The van der Waals surface area contributed by atoms with E-state index in [2.05, 4.69) is 28.1 Å². The lowest BCUT2D eigenvalue weighted by atomic mass is 10.1. The van der Waals surface area contributed by atoms with Gasteiger partial charge in [-0.15, -0.1) is 0 Å². The lowest BCUT2D eigenvalue weighted by Gasteiger charge is -2.16. The zero-order valence-corrected chi connectivity index (χ0v) is 11.4. The number of carbonyl (C=O) groups is 1. The van der Waals surface area contributed by atoms with Crippen LogP contribution in [0.25, 0.3) is 0 Å². The second-order valence-corrected chi connectivity index (χ2v) is 6.27. The second-order valence-electron chi connectivity index (χ2n) is 4.97. The number of likely N-dealkylation sites (tertiary alicyclic amines) is 1. The maximum absolute atomic E-state index is 12.3. The van der Waals surface area contributed by atoms with Gasteiger partial charge in [0.1, 0.15) is 0 Å². The summed E-state index contributed by atoms with van der Waals surface area (Å²) in [5.41, 5.74) is 3.68. The minimum atomic E-state index is 0.196. The molecule has 0 radical (unpaired) electrons. The molecule has 0 bridgehead atoms. The van der Waals surface area contributed by atoms with E-state index in [0.29, 0.717) is 4.83 Å². The molecule has 1 amide bonds. The van der Waals surface area contributed by atoms with Gasteiger partial charge in [-0.3, -0.25) is 4.79 Å². The van der Waals surface area contributed by atoms with Crippen molar-refractivity contribution in [1.29, 1.82) is 0 Å². The Morgan fingerprint density at radius 2 is 2.12 bits per heavy atom. The molecule has 1 fully saturated rings. The highest BCUT2D eigenvalue weighted by atomic mass is 79.9. The quantitative estimate of drug-likeness (QED) is 0.729. The van der Waals surface area contributed by atoms with E-state index in [9.17, 15) is 4.79 Å². The third-order valence-electron chi connectivity index (χ3n) is 3.76. The van der Waals surface area contributed by atoms with Crippen LogP contribution in [-0.4, -0.2) is 28.7 Å². The van der Waals surface area contributed by atoms with Crippen molar-refractivity contribution in [3.8, 4) is 0 Å². The predicted molar refractivity (Wildman–Crippen MR) is 71.7 cm³/mol. The van der Waals surface area contributed by atoms with Crippen LogP contribution in [0.4, 0.5) is 0 Å². The number of benzene rings is 1. The van der Waals surface area contributed by atoms with Crippen LogP contribution >= 0.6 is 15.9 Å². The van der Waals surface area contributed by atoms with Gasteiger partial charge in [-0.1, -0.05) is 22.0 Å². The van der Waals surface area contributed by atoms with Gasteiger partial charge in [-0.25, -0.2) is 0 Å². The Bertz CT molecular complexity index is 458. The Kier molecular flexibility index (Phi) is 2.95. The van der Waals surface area contributed by atoms with E-state index in [1.54, 1.807) is 0 Å². The highest BCUT2D eigenvalue weighted by Gasteiger charge is 2.25. The predicted octanol–water partition coefficient (Wildman–Crippen LogP) is 2.78. The molecule has 3 heteroatoms. The molecule has 0 aromatic heterocycles. The number of carbonyl (C=O) groups excluding carboxylic acids is 1. The molecule has 0 N–H and O–H groups in total. The molecule has 2 nitrogen and oxygen atoms in total. The molecule has 0 saturated carbocycles. The van der Waals surface area contributed by atoms with Gasteiger partial charge in [0, 0.05) is 23.5 Å². The largest absolute Gasteiger partial charge is 0.337 e. The van der Waals surface area contributed by atoms with Crippen LogP contribution in [0.3, 0.4) is 0 Å². The molecule has 3 rings (SSSR count). The summed E-state index contributed by atoms with van der Waals surface area (Å²) in [7, 11) is 0. The van der Waals surface area contributed by atoms with Crippen molar-refractivity contribution in [1.82, 2.24) is 4.90 Å². The zero-order valence-electron chi connectivity index (χ0n) is 9.79. The molecule has 1 aromatic rings. The SMILES string of the molecule is O=C(c1ccc2c(c1)CCC2)N1CCC(Br)C1. The standard InChI is InChI=1S/C14H16BrNO/c15-13-6-7-16(9-13)14(17)12-5-4-10-2-1-3-11(10)8-12/h4-5,8,13H,1-3,6-7,9H2. The first-order valence-corrected chi connectivity index (χ1v) is 7.21. The molecule has 1 aromatic carbocycles. The monoisotopic (exact) mass is 293 g/mol. The smallest absolute Gasteiger partial charge is 0.253 e. The molecule has 0 spiro atoms. The molecule has 1 saturated heterocycles. The number of hydrogen-bond donors (Lipinski definition) is 0. The van der Waals surface area contributed by atoms with E-state index < -0.39 is 0 Å². The molecule has 2 aliphatic rings. The summed E-state index contributed by atoms with van der Waals surface area (Å²) in [4.78, 5) is 14.7. The zero-order chi connectivity index (χ0) is 11.8. The Morgan fingerprint density at radius 1 is 1.29 bits per heavy atom. The Morgan fingerprint density at radius 3 is 2.88 bits per heavy atom. The number of halogens is 1. The molecule has 90 valence electrons. The Balaban J connectivity index is 1.82. The van der Waals surface area contributed by atoms with E-state index in [0.717, 1.165) is 31.5 Å². The lowest BCUT2D eigenvalue weighted by Crippen LogP contribution is -2.28. The summed E-state index contributed by atoms with van der Waals surface area (Å²) in [5, 5.41) is 0. The van der Waals surface area contributed by atoms with Crippen LogP contribution < -0.4 is 0 Å². The summed E-state index contributed by atoms with van der Waals surface area (Å²) in [6, 6.07) is 6.23. The molecular weight excluding hydrogens is 278 g/mol. The number of amides is 1. The highest BCUT2D eigenvalue weighted by Crippen LogP contribution is 2.25. The van der Waals surface area contributed by atoms with E-state index in [1.807, 2.05) is 11.0 Å². The van der Waals surface area contributed by atoms with Crippen molar-refractivity contribution in [2.45, 2.75) is 30.5 Å². The average molecular weight is 294 g/mol. The van der Waals surface area contributed by atoms with Crippen molar-refractivity contribution in [3.63, 3.8) is 0 Å². The molecule has 1 atom stereocenters. The van der Waals surface area contributed by atoms with Crippen molar-refractivity contribution in [2.24, 2.45) is 0 Å². The Hall–Kier alpha value is -0.830. The first-order valence-electron chi connectivity index (χ1n) is 6.29. The number of alkyl halides is 1. The maximum atomic E-state index is 12.3. The van der Waals surface area contributed by atoms with Crippen molar-refractivity contribution >= 4 is 21.8 Å². The van der Waals surface area contributed by atoms with Crippen LogP contribution in [0.2, 0.25) is 0 Å². The number of aryl methyl sites for hydroxylation is 2. The topological polar surface area (TPSA) is 20.3 Å². The highest BCUT2D eigenvalue weighted by molar-refractivity contribution is 9.09. The van der Waals surface area contributed by atoms with Crippen LogP contribution in [0.15, 0.2) is 18.2 Å². The van der Waals surface area contributed by atoms with E-state index >= 15 is 0 Å². The van der Waals surface area contributed by atoms with Gasteiger partial charge < -0.3 is 4.90 Å². The van der Waals surface area contributed by atoms with Crippen LogP contribution in [0.1, 0.15) is 34.3 Å².